The van der Waals surface area contributed by atoms with Crippen LogP contribution in [0.1, 0.15) is 0 Å². The molecular formula is C8H8O4. The van der Waals surface area contributed by atoms with Crippen LogP contribution in [0.15, 0.2) is 12.2 Å². The van der Waals surface area contributed by atoms with Gasteiger partial charge in [0.25, 0.3) is 0 Å². The first-order chi connectivity index (χ1) is 5.63. The van der Waals surface area contributed by atoms with E-state index in [4.69, 9.17) is 10.2 Å². The summed E-state index contributed by atoms with van der Waals surface area (Å²) in [6.07, 6.45) is 3.30. The summed E-state index contributed by atoms with van der Waals surface area (Å²) in [6.45, 7) is 0. The molecule has 0 bridgehead atoms. The standard InChI is InChI=1S/C8H8O4/c9-7(10)4-2-1-3-5(4)6(3)8(11)12/h1-6H,(H,9,10)(H,11,12). The summed E-state index contributed by atoms with van der Waals surface area (Å²) in [5, 5.41) is 17.3. The average Bonchev–Trinajstić information content (AvgIpc) is 2.52. The van der Waals surface area contributed by atoms with Crippen molar-refractivity contribution in [3.8, 4) is 0 Å². The molecular weight excluding hydrogens is 160 g/mol. The Hall–Kier alpha value is -1.32. The minimum absolute atomic E-state index is 0.0244. The van der Waals surface area contributed by atoms with Crippen molar-refractivity contribution in [2.24, 2.45) is 23.7 Å². The Bertz CT molecular complexity index is 281. The number of carboxylic acids is 2. The van der Waals surface area contributed by atoms with Crippen LogP contribution in [0.25, 0.3) is 0 Å². The van der Waals surface area contributed by atoms with Crippen molar-refractivity contribution in [3.63, 3.8) is 0 Å². The quantitative estimate of drug-likeness (QED) is 0.578. The number of carboxylic acid groups (broad SMARTS) is 2. The Morgan fingerprint density at radius 3 is 2.17 bits per heavy atom. The van der Waals surface area contributed by atoms with Crippen LogP contribution in [0, 0.1) is 23.7 Å². The van der Waals surface area contributed by atoms with E-state index in [-0.39, 0.29) is 11.8 Å². The molecule has 0 saturated heterocycles. The lowest BCUT2D eigenvalue weighted by Crippen LogP contribution is -2.15. The molecule has 0 aromatic heterocycles. The average molecular weight is 168 g/mol. The number of hydrogen-bond acceptors (Lipinski definition) is 2. The predicted octanol–water partition coefficient (Wildman–Crippen LogP) is 0.204. The molecule has 0 radical (unpaired) electrons. The summed E-state index contributed by atoms with van der Waals surface area (Å²) in [7, 11) is 0. The first kappa shape index (κ1) is 7.34. The predicted molar refractivity (Wildman–Crippen MR) is 38.4 cm³/mol. The molecule has 2 rings (SSSR count). The van der Waals surface area contributed by atoms with E-state index in [0.717, 1.165) is 0 Å². The number of carbonyl (C=O) groups is 2. The van der Waals surface area contributed by atoms with Crippen LogP contribution < -0.4 is 0 Å². The molecule has 2 aliphatic carbocycles. The third-order valence-corrected chi connectivity index (χ3v) is 2.66. The smallest absolute Gasteiger partial charge is 0.310 e. The second kappa shape index (κ2) is 2.09. The minimum atomic E-state index is -0.914. The highest BCUT2D eigenvalue weighted by Gasteiger charge is 2.61. The fourth-order valence-electron chi connectivity index (χ4n) is 2.02. The molecule has 12 heavy (non-hydrogen) atoms. The van der Waals surface area contributed by atoms with E-state index in [2.05, 4.69) is 0 Å². The van der Waals surface area contributed by atoms with E-state index in [1.165, 1.54) is 0 Å². The first-order valence-electron chi connectivity index (χ1n) is 3.77. The second-order valence-corrected chi connectivity index (χ2v) is 3.27. The Labute approximate surface area is 68.5 Å². The molecule has 1 saturated carbocycles. The van der Waals surface area contributed by atoms with Gasteiger partial charge >= 0.3 is 11.9 Å². The van der Waals surface area contributed by atoms with Gasteiger partial charge in [-0.05, 0) is 11.8 Å². The lowest BCUT2D eigenvalue weighted by molar-refractivity contribution is -0.141. The van der Waals surface area contributed by atoms with Gasteiger partial charge in [-0.1, -0.05) is 12.2 Å². The van der Waals surface area contributed by atoms with Gasteiger partial charge in [0.15, 0.2) is 0 Å². The molecule has 1 fully saturated rings. The van der Waals surface area contributed by atoms with Crippen molar-refractivity contribution in [2.45, 2.75) is 0 Å². The van der Waals surface area contributed by atoms with Gasteiger partial charge in [0.1, 0.15) is 0 Å². The molecule has 4 heteroatoms. The van der Waals surface area contributed by atoms with Gasteiger partial charge in [0, 0.05) is 0 Å². The van der Waals surface area contributed by atoms with Crippen LogP contribution in [0.5, 0.6) is 0 Å². The van der Waals surface area contributed by atoms with Crippen LogP contribution in [0.3, 0.4) is 0 Å². The van der Waals surface area contributed by atoms with E-state index in [1.807, 2.05) is 0 Å². The topological polar surface area (TPSA) is 74.6 Å². The van der Waals surface area contributed by atoms with E-state index in [9.17, 15) is 9.59 Å². The molecule has 4 unspecified atom stereocenters. The second-order valence-electron chi connectivity index (χ2n) is 3.27. The maximum atomic E-state index is 10.6. The van der Waals surface area contributed by atoms with Gasteiger partial charge in [0.2, 0.25) is 0 Å². The van der Waals surface area contributed by atoms with Crippen molar-refractivity contribution in [3.05, 3.63) is 12.2 Å². The molecule has 0 amide bonds. The Morgan fingerprint density at radius 1 is 1.08 bits per heavy atom. The summed E-state index contributed by atoms with van der Waals surface area (Å²) in [5.41, 5.74) is 0. The molecule has 4 nitrogen and oxygen atoms in total. The summed E-state index contributed by atoms with van der Waals surface area (Å²) in [5.74, 6) is -3.01. The number of hydrogen-bond donors (Lipinski definition) is 2. The minimum Gasteiger partial charge on any atom is -0.481 e. The van der Waals surface area contributed by atoms with Gasteiger partial charge in [-0.2, -0.15) is 0 Å². The molecule has 0 heterocycles. The van der Waals surface area contributed by atoms with Gasteiger partial charge < -0.3 is 10.2 Å². The summed E-state index contributed by atoms with van der Waals surface area (Å²) >= 11 is 0. The highest BCUT2D eigenvalue weighted by Crippen LogP contribution is 2.56. The fraction of sp³-hybridized carbons (Fsp3) is 0.500. The maximum Gasteiger partial charge on any atom is 0.310 e. The molecule has 0 aliphatic heterocycles. The molecule has 2 aliphatic rings. The summed E-state index contributed by atoms with van der Waals surface area (Å²) in [4.78, 5) is 21.1. The number of allylic oxidation sites excluding steroid dienone is 1. The van der Waals surface area contributed by atoms with Crippen LogP contribution >= 0.6 is 0 Å². The lowest BCUT2D eigenvalue weighted by atomic mass is 10.0. The first-order valence-corrected chi connectivity index (χ1v) is 3.77. The number of fused-ring (bicyclic) bond motifs is 1. The molecule has 64 valence electrons. The Balaban J connectivity index is 2.13. The number of rotatable bonds is 2. The highest BCUT2D eigenvalue weighted by atomic mass is 16.4. The van der Waals surface area contributed by atoms with Crippen LogP contribution in [0.4, 0.5) is 0 Å². The molecule has 2 N–H and O–H groups in total. The monoisotopic (exact) mass is 168 g/mol. The zero-order chi connectivity index (χ0) is 8.88. The van der Waals surface area contributed by atoms with E-state index < -0.39 is 23.8 Å². The summed E-state index contributed by atoms with van der Waals surface area (Å²) in [6, 6.07) is 0. The van der Waals surface area contributed by atoms with Gasteiger partial charge in [0.05, 0.1) is 11.8 Å². The lowest BCUT2D eigenvalue weighted by Gasteiger charge is -2.01. The van der Waals surface area contributed by atoms with Crippen molar-refractivity contribution in [2.75, 3.05) is 0 Å². The van der Waals surface area contributed by atoms with Crippen molar-refractivity contribution in [1.82, 2.24) is 0 Å². The van der Waals surface area contributed by atoms with Crippen LogP contribution in [-0.2, 0) is 9.59 Å². The van der Waals surface area contributed by atoms with Crippen molar-refractivity contribution in [1.29, 1.82) is 0 Å². The van der Waals surface area contributed by atoms with Gasteiger partial charge in [-0.25, -0.2) is 0 Å². The molecule has 0 aromatic rings. The third-order valence-electron chi connectivity index (χ3n) is 2.66. The molecule has 0 aromatic carbocycles. The molecule has 0 spiro atoms. The third kappa shape index (κ3) is 0.776. The van der Waals surface area contributed by atoms with E-state index in [0.29, 0.717) is 0 Å². The fourth-order valence-corrected chi connectivity index (χ4v) is 2.02. The molecule has 4 atom stereocenters. The zero-order valence-electron chi connectivity index (χ0n) is 6.18. The maximum absolute atomic E-state index is 10.6. The van der Waals surface area contributed by atoms with Crippen molar-refractivity contribution < 1.29 is 19.8 Å². The highest BCUT2D eigenvalue weighted by molar-refractivity contribution is 5.81. The van der Waals surface area contributed by atoms with Gasteiger partial charge in [-0.3, -0.25) is 9.59 Å². The van der Waals surface area contributed by atoms with Crippen LogP contribution in [-0.4, -0.2) is 22.2 Å². The van der Waals surface area contributed by atoms with Crippen LogP contribution in [0.2, 0.25) is 0 Å². The van der Waals surface area contributed by atoms with E-state index >= 15 is 0 Å². The SMILES string of the molecule is O=C(O)C1C=CC2C(C(=O)O)C12. The van der Waals surface area contributed by atoms with Crippen molar-refractivity contribution >= 4 is 11.9 Å². The summed E-state index contributed by atoms with van der Waals surface area (Å²) < 4.78 is 0. The number of aliphatic carboxylic acids is 2. The van der Waals surface area contributed by atoms with E-state index in [1.54, 1.807) is 12.2 Å². The Morgan fingerprint density at radius 2 is 1.75 bits per heavy atom. The largest absolute Gasteiger partial charge is 0.481 e. The zero-order valence-corrected chi connectivity index (χ0v) is 6.18. The Kier molecular flexibility index (Phi) is 1.28. The normalized spacial score (nSPS) is 42.3. The van der Waals surface area contributed by atoms with Gasteiger partial charge in [-0.15, -0.1) is 0 Å².